The molecule has 2 rings (SSSR count). The Labute approximate surface area is 123 Å². The molecule has 2 aromatic heterocycles. The number of thiocarbonyl (C=S) groups is 1. The van der Waals surface area contributed by atoms with Gasteiger partial charge in [0.05, 0.1) is 5.69 Å². The average molecular weight is 290 g/mol. The summed E-state index contributed by atoms with van der Waals surface area (Å²) in [7, 11) is 1.93. The first-order valence-corrected chi connectivity index (χ1v) is 6.67. The van der Waals surface area contributed by atoms with Crippen LogP contribution >= 0.6 is 12.2 Å². The monoisotopic (exact) mass is 290 g/mol. The molecule has 3 N–H and O–H groups in total. The zero-order valence-corrected chi connectivity index (χ0v) is 12.9. The van der Waals surface area contributed by atoms with E-state index in [0.717, 1.165) is 22.6 Å². The fraction of sp³-hybridized carbons (Fsp3) is 0.385. The number of nitrogens with zero attached hydrogens (tertiary/aromatic N) is 4. The first kappa shape index (κ1) is 14.4. The molecule has 20 heavy (non-hydrogen) atoms. The van der Waals surface area contributed by atoms with Gasteiger partial charge in [0.2, 0.25) is 5.95 Å². The topological polar surface area (TPSA) is 81.6 Å². The van der Waals surface area contributed by atoms with Crippen LogP contribution < -0.4 is 11.1 Å². The predicted molar refractivity (Wildman–Crippen MR) is 82.7 cm³/mol. The fourth-order valence-electron chi connectivity index (χ4n) is 2.01. The Bertz CT molecular complexity index is 661. The van der Waals surface area contributed by atoms with Crippen molar-refractivity contribution in [1.82, 2.24) is 19.7 Å². The largest absolute Gasteiger partial charge is 0.388 e. The van der Waals surface area contributed by atoms with Gasteiger partial charge in [0.1, 0.15) is 10.7 Å². The summed E-state index contributed by atoms with van der Waals surface area (Å²) >= 11 is 4.95. The van der Waals surface area contributed by atoms with Crippen LogP contribution in [0.25, 0.3) is 0 Å². The SMILES string of the molecule is Cc1cc(C(N)=S)nc(NCc2c(C)nn(C)c2C)n1. The van der Waals surface area contributed by atoms with E-state index < -0.39 is 0 Å². The summed E-state index contributed by atoms with van der Waals surface area (Å²) in [5, 5.41) is 7.58. The van der Waals surface area contributed by atoms with Gasteiger partial charge in [0, 0.05) is 30.5 Å². The fourth-order valence-corrected chi connectivity index (χ4v) is 2.12. The van der Waals surface area contributed by atoms with E-state index in [1.54, 1.807) is 6.07 Å². The second-order valence-corrected chi connectivity index (χ2v) is 5.15. The molecule has 0 aliphatic carbocycles. The highest BCUT2D eigenvalue weighted by atomic mass is 32.1. The number of nitrogens with two attached hydrogens (primary N) is 1. The quantitative estimate of drug-likeness (QED) is 0.828. The Balaban J connectivity index is 2.21. The molecule has 0 aromatic carbocycles. The van der Waals surface area contributed by atoms with Crippen LogP contribution in [0.2, 0.25) is 0 Å². The minimum absolute atomic E-state index is 0.271. The number of aromatic nitrogens is 4. The van der Waals surface area contributed by atoms with E-state index in [1.807, 2.05) is 32.5 Å². The molecule has 0 aliphatic heterocycles. The minimum Gasteiger partial charge on any atom is -0.388 e. The first-order valence-electron chi connectivity index (χ1n) is 6.27. The molecule has 0 radical (unpaired) electrons. The predicted octanol–water partition coefficient (Wildman–Crippen LogP) is 1.38. The maximum Gasteiger partial charge on any atom is 0.223 e. The molecule has 2 aromatic rings. The summed E-state index contributed by atoms with van der Waals surface area (Å²) < 4.78 is 1.86. The van der Waals surface area contributed by atoms with Gasteiger partial charge in [0.15, 0.2) is 0 Å². The molecule has 0 saturated carbocycles. The lowest BCUT2D eigenvalue weighted by Gasteiger charge is -2.08. The Morgan fingerprint density at radius 2 is 2.05 bits per heavy atom. The van der Waals surface area contributed by atoms with Crippen molar-refractivity contribution in [1.29, 1.82) is 0 Å². The zero-order valence-electron chi connectivity index (χ0n) is 12.1. The minimum atomic E-state index is 0.271. The number of hydrogen-bond donors (Lipinski definition) is 2. The Kier molecular flexibility index (Phi) is 3.99. The van der Waals surface area contributed by atoms with Crippen molar-refractivity contribution in [3.63, 3.8) is 0 Å². The third-order valence-corrected chi connectivity index (χ3v) is 3.40. The van der Waals surface area contributed by atoms with Crippen molar-refractivity contribution in [3.8, 4) is 0 Å². The summed E-state index contributed by atoms with van der Waals surface area (Å²) in [6.45, 7) is 6.52. The van der Waals surface area contributed by atoms with Crippen LogP contribution in [0.3, 0.4) is 0 Å². The van der Waals surface area contributed by atoms with Crippen molar-refractivity contribution >= 4 is 23.2 Å². The second-order valence-electron chi connectivity index (χ2n) is 4.71. The molecule has 6 nitrogen and oxygen atoms in total. The van der Waals surface area contributed by atoms with Crippen molar-refractivity contribution in [2.45, 2.75) is 27.3 Å². The summed E-state index contributed by atoms with van der Waals surface area (Å²) in [6, 6.07) is 1.77. The van der Waals surface area contributed by atoms with Gasteiger partial charge in [-0.15, -0.1) is 0 Å². The van der Waals surface area contributed by atoms with Gasteiger partial charge >= 0.3 is 0 Å². The normalized spacial score (nSPS) is 10.6. The third kappa shape index (κ3) is 2.93. The average Bonchev–Trinajstić information content (AvgIpc) is 2.60. The highest BCUT2D eigenvalue weighted by molar-refractivity contribution is 7.80. The molecule has 0 amide bonds. The van der Waals surface area contributed by atoms with Gasteiger partial charge in [-0.05, 0) is 26.8 Å². The highest BCUT2D eigenvalue weighted by Crippen LogP contribution is 2.14. The molecule has 0 bridgehead atoms. The molecule has 0 unspecified atom stereocenters. The summed E-state index contributed by atoms with van der Waals surface area (Å²) in [5.41, 5.74) is 10.3. The molecule has 0 atom stereocenters. The van der Waals surface area contributed by atoms with Gasteiger partial charge in [-0.1, -0.05) is 12.2 Å². The number of hydrogen-bond acceptors (Lipinski definition) is 5. The zero-order chi connectivity index (χ0) is 14.9. The van der Waals surface area contributed by atoms with Crippen LogP contribution in [-0.4, -0.2) is 24.7 Å². The molecular formula is C13H18N6S. The molecule has 7 heteroatoms. The number of rotatable bonds is 4. The van der Waals surface area contributed by atoms with Crippen LogP contribution in [0, 0.1) is 20.8 Å². The molecule has 0 saturated heterocycles. The van der Waals surface area contributed by atoms with E-state index in [0.29, 0.717) is 18.2 Å². The van der Waals surface area contributed by atoms with E-state index in [1.165, 1.54) is 0 Å². The van der Waals surface area contributed by atoms with Gasteiger partial charge in [-0.25, -0.2) is 9.97 Å². The van der Waals surface area contributed by atoms with Crippen molar-refractivity contribution in [2.24, 2.45) is 12.8 Å². The number of anilines is 1. The Hall–Kier alpha value is -2.02. The molecule has 0 fully saturated rings. The van der Waals surface area contributed by atoms with Gasteiger partial charge < -0.3 is 11.1 Å². The van der Waals surface area contributed by atoms with Gasteiger partial charge in [-0.2, -0.15) is 5.10 Å². The standard InChI is InChI=1S/C13H18N6S/c1-7-5-11(12(14)20)17-13(16-7)15-6-10-8(2)18-19(4)9(10)3/h5H,6H2,1-4H3,(H2,14,20)(H,15,16,17). The van der Waals surface area contributed by atoms with Crippen LogP contribution in [-0.2, 0) is 13.6 Å². The number of aryl methyl sites for hydroxylation is 3. The lowest BCUT2D eigenvalue weighted by molar-refractivity contribution is 0.730. The smallest absolute Gasteiger partial charge is 0.223 e. The van der Waals surface area contributed by atoms with Gasteiger partial charge in [0.25, 0.3) is 0 Å². The van der Waals surface area contributed by atoms with Crippen molar-refractivity contribution in [3.05, 3.63) is 34.4 Å². The van der Waals surface area contributed by atoms with E-state index in [-0.39, 0.29) is 4.99 Å². The lowest BCUT2D eigenvalue weighted by Crippen LogP contribution is -2.15. The molecule has 2 heterocycles. The third-order valence-electron chi connectivity index (χ3n) is 3.19. The van der Waals surface area contributed by atoms with Crippen LogP contribution in [0.4, 0.5) is 5.95 Å². The summed E-state index contributed by atoms with van der Waals surface area (Å²) in [4.78, 5) is 8.90. The summed E-state index contributed by atoms with van der Waals surface area (Å²) in [6.07, 6.45) is 0. The molecule has 106 valence electrons. The first-order chi connectivity index (χ1) is 9.38. The van der Waals surface area contributed by atoms with E-state index in [2.05, 4.69) is 20.4 Å². The maximum atomic E-state index is 5.61. The van der Waals surface area contributed by atoms with Crippen molar-refractivity contribution < 1.29 is 0 Å². The van der Waals surface area contributed by atoms with Crippen LogP contribution in [0.5, 0.6) is 0 Å². The summed E-state index contributed by atoms with van der Waals surface area (Å²) in [5.74, 6) is 0.524. The Morgan fingerprint density at radius 1 is 1.35 bits per heavy atom. The van der Waals surface area contributed by atoms with E-state index >= 15 is 0 Å². The highest BCUT2D eigenvalue weighted by Gasteiger charge is 2.10. The lowest BCUT2D eigenvalue weighted by atomic mass is 10.2. The van der Waals surface area contributed by atoms with E-state index in [9.17, 15) is 0 Å². The van der Waals surface area contributed by atoms with Gasteiger partial charge in [-0.3, -0.25) is 4.68 Å². The molecular weight excluding hydrogens is 272 g/mol. The molecule has 0 spiro atoms. The Morgan fingerprint density at radius 3 is 2.60 bits per heavy atom. The van der Waals surface area contributed by atoms with Crippen LogP contribution in [0.15, 0.2) is 6.07 Å². The van der Waals surface area contributed by atoms with E-state index in [4.69, 9.17) is 18.0 Å². The molecule has 0 aliphatic rings. The van der Waals surface area contributed by atoms with Crippen LogP contribution in [0.1, 0.15) is 28.3 Å². The second kappa shape index (κ2) is 5.54. The number of nitrogens with one attached hydrogen (secondary N) is 1. The van der Waals surface area contributed by atoms with Crippen molar-refractivity contribution in [2.75, 3.05) is 5.32 Å². The maximum absolute atomic E-state index is 5.61.